The fourth-order valence-electron chi connectivity index (χ4n) is 1.49. The summed E-state index contributed by atoms with van der Waals surface area (Å²) in [5, 5.41) is 0. The zero-order chi connectivity index (χ0) is 10.3. The van der Waals surface area contributed by atoms with Gasteiger partial charge >= 0.3 is 0 Å². The van der Waals surface area contributed by atoms with Crippen molar-refractivity contribution >= 4 is 6.08 Å². The summed E-state index contributed by atoms with van der Waals surface area (Å²) in [5.41, 5.74) is 2.58. The first-order chi connectivity index (χ1) is 7.45. The van der Waals surface area contributed by atoms with Crippen LogP contribution in [0.15, 0.2) is 72.4 Å². The third kappa shape index (κ3) is 3.74. The van der Waals surface area contributed by atoms with E-state index in [1.54, 1.807) is 0 Å². The van der Waals surface area contributed by atoms with Crippen molar-refractivity contribution in [1.82, 2.24) is 0 Å². The molecule has 2 rings (SSSR count). The zero-order valence-corrected chi connectivity index (χ0v) is 8.64. The van der Waals surface area contributed by atoms with Crippen molar-refractivity contribution in [3.8, 4) is 0 Å². The van der Waals surface area contributed by atoms with Crippen molar-refractivity contribution in [3.63, 3.8) is 0 Å². The molecule has 1 aromatic carbocycles. The minimum atomic E-state index is 0. The lowest BCUT2D eigenvalue weighted by atomic mass is 10.1. The molecule has 16 heavy (non-hydrogen) atoms. The van der Waals surface area contributed by atoms with E-state index in [0.717, 1.165) is 6.42 Å². The maximum absolute atomic E-state index is 2.18. The molecule has 0 N–H and O–H groups in total. The molecular weight excluding hydrogens is 192 g/mol. The molecular formula is C16H18. The van der Waals surface area contributed by atoms with E-state index >= 15 is 0 Å². The second-order valence-electron chi connectivity index (χ2n) is 3.50. The number of hydrogen-bond acceptors (Lipinski definition) is 0. The zero-order valence-electron chi connectivity index (χ0n) is 8.64. The molecule has 0 heteroatoms. The number of allylic oxidation sites excluding steroid dienone is 7. The van der Waals surface area contributed by atoms with E-state index < -0.39 is 0 Å². The predicted octanol–water partition coefficient (Wildman–Crippen LogP) is 4.78. The smallest absolute Gasteiger partial charge is 0.00943 e. The van der Waals surface area contributed by atoms with E-state index in [1.807, 2.05) is 6.07 Å². The second-order valence-corrected chi connectivity index (χ2v) is 3.50. The highest BCUT2D eigenvalue weighted by atomic mass is 14.0. The van der Waals surface area contributed by atoms with Gasteiger partial charge in [0.15, 0.2) is 0 Å². The molecule has 0 aliphatic heterocycles. The van der Waals surface area contributed by atoms with Gasteiger partial charge in [0.25, 0.3) is 0 Å². The Hall–Kier alpha value is -1.82. The molecule has 0 saturated carbocycles. The highest BCUT2D eigenvalue weighted by Gasteiger charge is 1.90. The molecule has 1 aliphatic rings. The van der Waals surface area contributed by atoms with Gasteiger partial charge in [0.1, 0.15) is 0 Å². The third-order valence-electron chi connectivity index (χ3n) is 2.31. The van der Waals surface area contributed by atoms with Gasteiger partial charge in [-0.2, -0.15) is 0 Å². The van der Waals surface area contributed by atoms with E-state index in [2.05, 4.69) is 66.8 Å². The number of rotatable bonds is 2. The van der Waals surface area contributed by atoms with Crippen LogP contribution in [-0.4, -0.2) is 0 Å². The molecule has 0 saturated heterocycles. The Morgan fingerprint density at radius 2 is 1.69 bits per heavy atom. The summed E-state index contributed by atoms with van der Waals surface area (Å²) in [6.07, 6.45) is 15.9. The highest BCUT2D eigenvalue weighted by molar-refractivity contribution is 5.53. The third-order valence-corrected chi connectivity index (χ3v) is 2.31. The Kier molecular flexibility index (Phi) is 5.07. The minimum absolute atomic E-state index is 0. The number of hydrogen-bond donors (Lipinski definition) is 0. The molecule has 0 heterocycles. The molecule has 0 atom stereocenters. The van der Waals surface area contributed by atoms with Gasteiger partial charge in [0, 0.05) is 0 Å². The fraction of sp³-hybridized carbons (Fsp3) is 0.125. The monoisotopic (exact) mass is 210 g/mol. The van der Waals surface area contributed by atoms with Gasteiger partial charge in [-0.1, -0.05) is 80.3 Å². The summed E-state index contributed by atoms with van der Waals surface area (Å²) in [6, 6.07) is 10.4. The predicted molar refractivity (Wildman–Crippen MR) is 73.2 cm³/mol. The van der Waals surface area contributed by atoms with E-state index in [4.69, 9.17) is 0 Å². The van der Waals surface area contributed by atoms with Crippen molar-refractivity contribution in [2.45, 2.75) is 13.8 Å². The maximum Gasteiger partial charge on any atom is -0.00943 e. The summed E-state index contributed by atoms with van der Waals surface area (Å²) in [5.74, 6) is 0. The average molecular weight is 210 g/mol. The van der Waals surface area contributed by atoms with Crippen LogP contribution in [0.1, 0.15) is 19.4 Å². The van der Waals surface area contributed by atoms with Gasteiger partial charge in [-0.25, -0.2) is 0 Å². The maximum atomic E-state index is 2.18. The van der Waals surface area contributed by atoms with Crippen LogP contribution in [0.3, 0.4) is 0 Å². The standard InChI is InChI=1S/C15H14.CH4/c1-2-5-9-14(8-4-1)12-13-15-10-6-3-7-11-15;/h1-8,10-13H,9H2;1H4/b13-12+;. The average Bonchev–Trinajstić information content (AvgIpc) is 2.56. The van der Waals surface area contributed by atoms with Crippen LogP contribution < -0.4 is 0 Å². The van der Waals surface area contributed by atoms with Crippen molar-refractivity contribution < 1.29 is 0 Å². The van der Waals surface area contributed by atoms with Gasteiger partial charge in [-0.15, -0.1) is 0 Å². The normalized spacial score (nSPS) is 14.4. The summed E-state index contributed by atoms with van der Waals surface area (Å²) < 4.78 is 0. The van der Waals surface area contributed by atoms with Gasteiger partial charge in [-0.05, 0) is 17.6 Å². The lowest BCUT2D eigenvalue weighted by Gasteiger charge is -1.95. The Morgan fingerprint density at radius 3 is 2.50 bits per heavy atom. The van der Waals surface area contributed by atoms with Gasteiger partial charge in [0.05, 0.1) is 0 Å². The summed E-state index contributed by atoms with van der Waals surface area (Å²) in [4.78, 5) is 0. The van der Waals surface area contributed by atoms with E-state index in [0.29, 0.717) is 0 Å². The SMILES string of the molecule is C.C1=CC=C(/C=C/c2ccccc2)CC=C1. The lowest BCUT2D eigenvalue weighted by molar-refractivity contribution is 1.30. The van der Waals surface area contributed by atoms with E-state index in [-0.39, 0.29) is 7.43 Å². The summed E-state index contributed by atoms with van der Waals surface area (Å²) in [6.45, 7) is 0. The number of benzene rings is 1. The van der Waals surface area contributed by atoms with Crippen molar-refractivity contribution in [3.05, 3.63) is 77.9 Å². The molecule has 0 amide bonds. The first kappa shape index (κ1) is 12.3. The molecule has 0 unspecified atom stereocenters. The lowest BCUT2D eigenvalue weighted by Crippen LogP contribution is -1.74. The molecule has 0 bridgehead atoms. The summed E-state index contributed by atoms with van der Waals surface area (Å²) >= 11 is 0. The van der Waals surface area contributed by atoms with Crippen LogP contribution in [0.4, 0.5) is 0 Å². The van der Waals surface area contributed by atoms with Crippen LogP contribution in [0, 0.1) is 0 Å². The van der Waals surface area contributed by atoms with E-state index in [9.17, 15) is 0 Å². The van der Waals surface area contributed by atoms with Crippen LogP contribution in [0.5, 0.6) is 0 Å². The first-order valence-corrected chi connectivity index (χ1v) is 5.21. The Balaban J connectivity index is 0.00000128. The molecule has 0 spiro atoms. The van der Waals surface area contributed by atoms with Crippen LogP contribution >= 0.6 is 0 Å². The van der Waals surface area contributed by atoms with Crippen LogP contribution in [0.25, 0.3) is 6.08 Å². The Labute approximate surface area is 98.3 Å². The molecule has 82 valence electrons. The Bertz CT molecular complexity index is 417. The Morgan fingerprint density at radius 1 is 0.875 bits per heavy atom. The minimum Gasteiger partial charge on any atom is -0.0801 e. The topological polar surface area (TPSA) is 0 Å². The van der Waals surface area contributed by atoms with Gasteiger partial charge in [-0.3, -0.25) is 0 Å². The van der Waals surface area contributed by atoms with E-state index in [1.165, 1.54) is 11.1 Å². The molecule has 1 aromatic rings. The molecule has 1 aliphatic carbocycles. The second kappa shape index (κ2) is 6.62. The highest BCUT2D eigenvalue weighted by Crippen LogP contribution is 2.11. The fourth-order valence-corrected chi connectivity index (χ4v) is 1.49. The van der Waals surface area contributed by atoms with Crippen molar-refractivity contribution in [2.24, 2.45) is 0 Å². The molecule has 0 aromatic heterocycles. The van der Waals surface area contributed by atoms with Crippen molar-refractivity contribution in [2.75, 3.05) is 0 Å². The van der Waals surface area contributed by atoms with Crippen LogP contribution in [0.2, 0.25) is 0 Å². The summed E-state index contributed by atoms with van der Waals surface area (Å²) in [7, 11) is 0. The molecule has 0 nitrogen and oxygen atoms in total. The van der Waals surface area contributed by atoms with Crippen LogP contribution in [-0.2, 0) is 0 Å². The van der Waals surface area contributed by atoms with Crippen molar-refractivity contribution in [1.29, 1.82) is 0 Å². The molecule has 0 radical (unpaired) electrons. The van der Waals surface area contributed by atoms with Gasteiger partial charge in [0.2, 0.25) is 0 Å². The quantitative estimate of drug-likeness (QED) is 0.659. The first-order valence-electron chi connectivity index (χ1n) is 5.21. The van der Waals surface area contributed by atoms with Gasteiger partial charge < -0.3 is 0 Å². The molecule has 0 fully saturated rings. The largest absolute Gasteiger partial charge is 0.0801 e.